The van der Waals surface area contributed by atoms with E-state index in [-0.39, 0.29) is 24.1 Å². The maximum absolute atomic E-state index is 14.5. The Morgan fingerprint density at radius 1 is 0.968 bits per heavy atom. The van der Waals surface area contributed by atoms with Crippen molar-refractivity contribution in [1.29, 1.82) is 5.41 Å². The number of nitrogens with one attached hydrogen (secondary N) is 1. The van der Waals surface area contributed by atoms with Gasteiger partial charge in [0.2, 0.25) is 0 Å². The quantitative estimate of drug-likeness (QED) is 0.212. The molecule has 0 aromatic heterocycles. The van der Waals surface area contributed by atoms with Crippen molar-refractivity contribution in [3.8, 4) is 0 Å². The van der Waals surface area contributed by atoms with Crippen LogP contribution in [0.3, 0.4) is 0 Å². The Bertz CT molecular complexity index is 854. The van der Waals surface area contributed by atoms with Crippen molar-refractivity contribution in [3.63, 3.8) is 0 Å². The normalized spacial score (nSPS) is 13.8. The van der Waals surface area contributed by atoms with Crippen molar-refractivity contribution in [3.05, 3.63) is 70.3 Å². The van der Waals surface area contributed by atoms with Gasteiger partial charge in [0, 0.05) is 17.2 Å². The van der Waals surface area contributed by atoms with Crippen LogP contribution in [-0.4, -0.2) is 17.1 Å². The van der Waals surface area contributed by atoms with Crippen LogP contribution in [0.4, 0.5) is 22.0 Å². The number of benzene rings is 2. The second-order valence-corrected chi connectivity index (χ2v) is 8.29. The van der Waals surface area contributed by atoms with Gasteiger partial charge in [-0.2, -0.15) is 25.8 Å². The molecule has 2 unspecified atom stereocenters. The first-order chi connectivity index (χ1) is 14.6. The minimum atomic E-state index is -4.65. The summed E-state index contributed by atoms with van der Waals surface area (Å²) < 4.78 is 69.3. The first-order valence-corrected chi connectivity index (χ1v) is 11.0. The van der Waals surface area contributed by atoms with Crippen LogP contribution in [0, 0.1) is 23.0 Å². The Labute approximate surface area is 186 Å². The predicted molar refractivity (Wildman–Crippen MR) is 118 cm³/mol. The molecular formula is C24H28F5NS. The first kappa shape index (κ1) is 25.4. The van der Waals surface area contributed by atoms with Crippen LogP contribution in [0.25, 0.3) is 0 Å². The monoisotopic (exact) mass is 457 g/mol. The highest BCUT2D eigenvalue weighted by atomic mass is 32.1. The minimum absolute atomic E-state index is 0.236. The molecule has 31 heavy (non-hydrogen) atoms. The smallest absolute Gasteiger partial charge is 0.304 e. The first-order valence-electron chi connectivity index (χ1n) is 10.5. The van der Waals surface area contributed by atoms with Crippen molar-refractivity contribution in [1.82, 2.24) is 0 Å². The van der Waals surface area contributed by atoms with Crippen LogP contribution in [0.1, 0.15) is 55.4 Å². The number of unbranched alkanes of at least 4 members (excludes halogenated alkanes) is 1. The summed E-state index contributed by atoms with van der Waals surface area (Å²) in [4.78, 5) is 0. The van der Waals surface area contributed by atoms with Gasteiger partial charge in [-0.1, -0.05) is 44.5 Å². The highest BCUT2D eigenvalue weighted by molar-refractivity contribution is 7.81. The minimum Gasteiger partial charge on any atom is -0.304 e. The third-order valence-electron chi connectivity index (χ3n) is 5.49. The van der Waals surface area contributed by atoms with Gasteiger partial charge in [-0.3, -0.25) is 0 Å². The van der Waals surface area contributed by atoms with Crippen molar-refractivity contribution < 1.29 is 22.0 Å². The molecule has 2 rings (SSSR count). The standard InChI is InChI=1S/C24H28F5NS/c1-3-5-6-16-13-20(25)18(21(26)14-16)11-12-19(23(31)24(27,28)29)22(30)17-9-7-15(4-2)8-10-17/h7-10,13-14,19,23,30-31H,3-6,11-12H2,1-2H3. The molecule has 0 aliphatic heterocycles. The fraction of sp³-hybridized carbons (Fsp3) is 0.458. The average Bonchev–Trinajstić information content (AvgIpc) is 2.72. The number of hydrogen-bond acceptors (Lipinski definition) is 2. The summed E-state index contributed by atoms with van der Waals surface area (Å²) in [5, 5.41) is 6.26. The fourth-order valence-corrected chi connectivity index (χ4v) is 3.84. The largest absolute Gasteiger partial charge is 0.400 e. The summed E-state index contributed by atoms with van der Waals surface area (Å²) in [6, 6.07) is 9.23. The molecule has 2 aromatic rings. The third kappa shape index (κ3) is 6.79. The lowest BCUT2D eigenvalue weighted by atomic mass is 9.87. The van der Waals surface area contributed by atoms with Gasteiger partial charge in [0.25, 0.3) is 0 Å². The molecule has 1 nitrogen and oxygen atoms in total. The lowest BCUT2D eigenvalue weighted by Crippen LogP contribution is -2.36. The lowest BCUT2D eigenvalue weighted by molar-refractivity contribution is -0.133. The molecule has 0 fully saturated rings. The predicted octanol–water partition coefficient (Wildman–Crippen LogP) is 7.35. The van der Waals surface area contributed by atoms with Crippen LogP contribution in [0.5, 0.6) is 0 Å². The van der Waals surface area contributed by atoms with Gasteiger partial charge >= 0.3 is 6.18 Å². The molecule has 170 valence electrons. The Morgan fingerprint density at radius 2 is 1.55 bits per heavy atom. The zero-order valence-electron chi connectivity index (χ0n) is 17.7. The van der Waals surface area contributed by atoms with Gasteiger partial charge in [-0.05, 0) is 60.9 Å². The molecule has 0 saturated heterocycles. The average molecular weight is 458 g/mol. The Kier molecular flexibility index (Phi) is 9.10. The van der Waals surface area contributed by atoms with Crippen molar-refractivity contribution >= 4 is 18.3 Å². The van der Waals surface area contributed by atoms with E-state index < -0.39 is 29.0 Å². The zero-order valence-corrected chi connectivity index (χ0v) is 18.6. The van der Waals surface area contributed by atoms with Gasteiger partial charge in [0.15, 0.2) is 0 Å². The van der Waals surface area contributed by atoms with E-state index in [9.17, 15) is 22.0 Å². The van der Waals surface area contributed by atoms with Crippen LogP contribution < -0.4 is 0 Å². The molecule has 0 spiro atoms. The number of halogens is 5. The molecule has 0 saturated carbocycles. The van der Waals surface area contributed by atoms with E-state index >= 15 is 0 Å². The molecule has 0 heterocycles. The molecule has 1 N–H and O–H groups in total. The summed E-state index contributed by atoms with van der Waals surface area (Å²) in [5.41, 5.74) is 1.39. The molecule has 0 aliphatic rings. The number of thiol groups is 1. The van der Waals surface area contributed by atoms with Gasteiger partial charge in [0.1, 0.15) is 16.9 Å². The van der Waals surface area contributed by atoms with Crippen LogP contribution in [-0.2, 0) is 19.3 Å². The van der Waals surface area contributed by atoms with E-state index in [1.54, 1.807) is 24.3 Å². The van der Waals surface area contributed by atoms with Crippen LogP contribution >= 0.6 is 12.6 Å². The summed E-state index contributed by atoms with van der Waals surface area (Å²) >= 11 is 3.73. The van der Waals surface area contributed by atoms with E-state index in [4.69, 9.17) is 5.41 Å². The van der Waals surface area contributed by atoms with Crippen LogP contribution in [0.15, 0.2) is 36.4 Å². The van der Waals surface area contributed by atoms with E-state index in [0.29, 0.717) is 17.5 Å². The molecule has 2 atom stereocenters. The summed E-state index contributed by atoms with van der Waals surface area (Å²) in [5.74, 6) is -2.85. The molecule has 2 aromatic carbocycles. The summed E-state index contributed by atoms with van der Waals surface area (Å²) in [6.45, 7) is 3.92. The SMILES string of the molecule is CCCCc1cc(F)c(CCC(C(=N)c2ccc(CC)cc2)C(S)C(F)(F)F)c(F)c1. The second-order valence-electron chi connectivity index (χ2n) is 7.74. The molecule has 7 heteroatoms. The van der Waals surface area contributed by atoms with Gasteiger partial charge in [0.05, 0.1) is 0 Å². The van der Waals surface area contributed by atoms with Crippen LogP contribution in [0.2, 0.25) is 0 Å². The summed E-state index contributed by atoms with van der Waals surface area (Å²) in [7, 11) is 0. The molecule has 0 radical (unpaired) electrons. The Balaban J connectivity index is 2.27. The molecule has 0 amide bonds. The van der Waals surface area contributed by atoms with E-state index in [1.165, 1.54) is 12.1 Å². The van der Waals surface area contributed by atoms with Gasteiger partial charge in [-0.25, -0.2) is 8.78 Å². The molecule has 0 bridgehead atoms. The van der Waals surface area contributed by atoms with Gasteiger partial charge in [-0.15, -0.1) is 0 Å². The lowest BCUT2D eigenvalue weighted by Gasteiger charge is -2.26. The Hall–Kier alpha value is -1.89. The molecular weight excluding hydrogens is 429 g/mol. The number of hydrogen-bond donors (Lipinski definition) is 2. The van der Waals surface area contributed by atoms with Crippen molar-refractivity contribution in [2.24, 2.45) is 5.92 Å². The fourth-order valence-electron chi connectivity index (χ4n) is 3.54. The highest BCUT2D eigenvalue weighted by Gasteiger charge is 2.44. The third-order valence-corrected chi connectivity index (χ3v) is 6.14. The van der Waals surface area contributed by atoms with E-state index in [2.05, 4.69) is 12.6 Å². The highest BCUT2D eigenvalue weighted by Crippen LogP contribution is 2.35. The second kappa shape index (κ2) is 11.1. The van der Waals surface area contributed by atoms with Crippen molar-refractivity contribution in [2.45, 2.75) is 63.8 Å². The topological polar surface area (TPSA) is 23.9 Å². The van der Waals surface area contributed by atoms with E-state index in [1.807, 2.05) is 13.8 Å². The number of aryl methyl sites for hydroxylation is 2. The molecule has 0 aliphatic carbocycles. The summed E-state index contributed by atoms with van der Waals surface area (Å²) in [6.07, 6.45) is -2.16. The van der Waals surface area contributed by atoms with Gasteiger partial charge < -0.3 is 5.41 Å². The number of alkyl halides is 3. The Morgan fingerprint density at radius 3 is 2.03 bits per heavy atom. The van der Waals surface area contributed by atoms with E-state index in [0.717, 1.165) is 24.8 Å². The van der Waals surface area contributed by atoms with Crippen molar-refractivity contribution in [2.75, 3.05) is 0 Å². The number of rotatable bonds is 10. The maximum Gasteiger partial charge on any atom is 0.400 e. The zero-order chi connectivity index (χ0) is 23.2. The maximum atomic E-state index is 14.5.